The molecule has 0 unspecified atom stereocenters. The van der Waals surface area contributed by atoms with Gasteiger partial charge >= 0.3 is 21.6 Å². The molecule has 1 saturated carbocycles. The van der Waals surface area contributed by atoms with E-state index >= 15 is 0 Å². The highest BCUT2D eigenvalue weighted by atomic mass is 32.2. The first-order chi connectivity index (χ1) is 12.4. The van der Waals surface area contributed by atoms with Crippen molar-refractivity contribution in [3.63, 3.8) is 0 Å². The Balaban J connectivity index is 2.08. The van der Waals surface area contributed by atoms with Gasteiger partial charge in [0.05, 0.1) is 7.11 Å². The summed E-state index contributed by atoms with van der Waals surface area (Å²) in [6, 6.07) is 0. The second-order valence-electron chi connectivity index (χ2n) is 7.80. The molecule has 0 heterocycles. The molecule has 1 fully saturated rings. The third-order valence-corrected chi connectivity index (χ3v) is 7.15. The van der Waals surface area contributed by atoms with Gasteiger partial charge in [-0.05, 0) is 62.4 Å². The molecule has 0 N–H and O–H groups in total. The van der Waals surface area contributed by atoms with Crippen molar-refractivity contribution in [2.45, 2.75) is 64.3 Å². The van der Waals surface area contributed by atoms with Crippen molar-refractivity contribution in [2.75, 3.05) is 7.11 Å². The molecule has 9 heteroatoms. The van der Waals surface area contributed by atoms with Crippen LogP contribution in [0.25, 0.3) is 0 Å². The summed E-state index contributed by atoms with van der Waals surface area (Å²) < 4.78 is 70.3. The average molecular weight is 412 g/mol. The Labute approximate surface area is 158 Å². The van der Waals surface area contributed by atoms with Crippen LogP contribution in [0.4, 0.5) is 13.2 Å². The van der Waals surface area contributed by atoms with E-state index in [9.17, 15) is 26.4 Å². The van der Waals surface area contributed by atoms with Gasteiger partial charge in [0.25, 0.3) is 0 Å². The zero-order valence-corrected chi connectivity index (χ0v) is 16.7. The van der Waals surface area contributed by atoms with Gasteiger partial charge < -0.3 is 8.92 Å². The summed E-state index contributed by atoms with van der Waals surface area (Å²) in [6.45, 7) is 3.88. The molecule has 0 aromatic carbocycles. The second-order valence-corrected chi connectivity index (χ2v) is 9.34. The topological polar surface area (TPSA) is 69.7 Å². The highest BCUT2D eigenvalue weighted by Crippen LogP contribution is 2.58. The SMILES string of the molecule is COC(=O)CCC[C@@H](C)[C@@H]1CC[C@@]2(C)C(OS(=O)(=O)C(F)(F)F)=CCC[C@@H]12. The minimum Gasteiger partial charge on any atom is -0.469 e. The highest BCUT2D eigenvalue weighted by Gasteiger charge is 2.55. The first-order valence-electron chi connectivity index (χ1n) is 9.20. The van der Waals surface area contributed by atoms with Crippen LogP contribution in [0, 0.1) is 23.2 Å². The van der Waals surface area contributed by atoms with E-state index in [1.807, 2.05) is 0 Å². The molecule has 4 atom stereocenters. The van der Waals surface area contributed by atoms with Crippen LogP contribution in [-0.2, 0) is 23.8 Å². The molecular weight excluding hydrogens is 385 g/mol. The van der Waals surface area contributed by atoms with E-state index in [2.05, 4.69) is 15.8 Å². The monoisotopic (exact) mass is 412 g/mol. The molecule has 0 amide bonds. The highest BCUT2D eigenvalue weighted by molar-refractivity contribution is 7.87. The summed E-state index contributed by atoms with van der Waals surface area (Å²) in [6.07, 6.45) is 6.01. The third kappa shape index (κ3) is 4.60. The zero-order valence-electron chi connectivity index (χ0n) is 15.8. The molecule has 0 radical (unpaired) electrons. The maximum atomic E-state index is 12.7. The van der Waals surface area contributed by atoms with Crippen molar-refractivity contribution in [3.05, 3.63) is 11.8 Å². The number of fused-ring (bicyclic) bond motifs is 1. The molecule has 2 aliphatic carbocycles. The van der Waals surface area contributed by atoms with Crippen LogP contribution in [0.3, 0.4) is 0 Å². The van der Waals surface area contributed by atoms with Crippen molar-refractivity contribution < 1.29 is 35.3 Å². The Hall–Kier alpha value is -1.25. The molecule has 0 aliphatic heterocycles. The van der Waals surface area contributed by atoms with Gasteiger partial charge in [0.2, 0.25) is 0 Å². The van der Waals surface area contributed by atoms with E-state index < -0.39 is 21.0 Å². The zero-order chi connectivity index (χ0) is 20.5. The summed E-state index contributed by atoms with van der Waals surface area (Å²) in [7, 11) is -4.31. The van der Waals surface area contributed by atoms with Gasteiger partial charge in [-0.25, -0.2) is 0 Å². The molecule has 0 bridgehead atoms. The average Bonchev–Trinajstić information content (AvgIpc) is 2.92. The van der Waals surface area contributed by atoms with Gasteiger partial charge in [0.15, 0.2) is 0 Å². The van der Waals surface area contributed by atoms with Crippen LogP contribution in [0.5, 0.6) is 0 Å². The normalized spacial score (nSPS) is 29.6. The third-order valence-electron chi connectivity index (χ3n) is 6.18. The fourth-order valence-electron chi connectivity index (χ4n) is 4.65. The molecule has 0 aromatic heterocycles. The van der Waals surface area contributed by atoms with Gasteiger partial charge in [0.1, 0.15) is 5.76 Å². The quantitative estimate of drug-likeness (QED) is 0.349. The lowest BCUT2D eigenvalue weighted by molar-refractivity contribution is -0.140. The van der Waals surface area contributed by atoms with Crippen LogP contribution in [0.15, 0.2) is 11.8 Å². The van der Waals surface area contributed by atoms with Crippen molar-refractivity contribution in [1.29, 1.82) is 0 Å². The summed E-state index contributed by atoms with van der Waals surface area (Å²) in [5.41, 5.74) is -6.14. The first kappa shape index (κ1) is 22.0. The van der Waals surface area contributed by atoms with E-state index in [1.54, 1.807) is 6.92 Å². The van der Waals surface area contributed by atoms with Crippen LogP contribution in [0.1, 0.15) is 58.8 Å². The summed E-state index contributed by atoms with van der Waals surface area (Å²) >= 11 is 0. The summed E-state index contributed by atoms with van der Waals surface area (Å²) in [4.78, 5) is 11.3. The summed E-state index contributed by atoms with van der Waals surface area (Å²) in [5, 5.41) is 0. The van der Waals surface area contributed by atoms with Gasteiger partial charge in [0, 0.05) is 11.8 Å². The Morgan fingerprint density at radius 2 is 2.04 bits per heavy atom. The Morgan fingerprint density at radius 1 is 1.37 bits per heavy atom. The number of carbonyl (C=O) groups is 1. The van der Waals surface area contributed by atoms with Crippen LogP contribution in [-0.4, -0.2) is 27.0 Å². The molecular formula is C18H27F3O5S. The number of esters is 1. The van der Waals surface area contributed by atoms with Crippen LogP contribution < -0.4 is 0 Å². The van der Waals surface area contributed by atoms with Crippen LogP contribution >= 0.6 is 0 Å². The number of hydrogen-bond donors (Lipinski definition) is 0. The summed E-state index contributed by atoms with van der Waals surface area (Å²) in [5.74, 6) is 0.273. The van der Waals surface area contributed by atoms with E-state index in [0.29, 0.717) is 25.7 Å². The van der Waals surface area contributed by atoms with Crippen molar-refractivity contribution in [3.8, 4) is 0 Å². The number of rotatable bonds is 7. The van der Waals surface area contributed by atoms with E-state index in [1.165, 1.54) is 13.2 Å². The number of methoxy groups -OCH3 is 1. The largest absolute Gasteiger partial charge is 0.534 e. The minimum absolute atomic E-state index is 0.0639. The molecule has 2 rings (SSSR count). The van der Waals surface area contributed by atoms with E-state index in [-0.39, 0.29) is 29.5 Å². The lowest BCUT2D eigenvalue weighted by atomic mass is 9.67. The number of ether oxygens (including phenoxy) is 1. The number of carbonyl (C=O) groups excluding carboxylic acids is 1. The van der Waals surface area contributed by atoms with Gasteiger partial charge in [-0.1, -0.05) is 13.8 Å². The Kier molecular flexibility index (Phi) is 6.54. The number of alkyl halides is 3. The molecule has 27 heavy (non-hydrogen) atoms. The Bertz CT molecular complexity index is 686. The standard InChI is InChI=1S/C18H27F3O5S/c1-12(6-4-9-16(22)25-3)13-10-11-17(2)14(13)7-5-8-15(17)26-27(23,24)18(19,20)21/h8,12-14H,4-7,9-11H2,1-3H3/t12-,13+,14+,17-/m1/s1. The van der Waals surface area contributed by atoms with Gasteiger partial charge in [-0.2, -0.15) is 21.6 Å². The fourth-order valence-corrected chi connectivity index (χ4v) is 5.24. The maximum absolute atomic E-state index is 12.7. The molecule has 5 nitrogen and oxygen atoms in total. The van der Waals surface area contributed by atoms with Crippen LogP contribution in [0.2, 0.25) is 0 Å². The van der Waals surface area contributed by atoms with Crippen molar-refractivity contribution in [2.24, 2.45) is 23.2 Å². The molecule has 0 spiro atoms. The van der Waals surface area contributed by atoms with Gasteiger partial charge in [-0.3, -0.25) is 4.79 Å². The number of allylic oxidation sites excluding steroid dienone is 2. The lowest BCUT2D eigenvalue weighted by Crippen LogP contribution is -2.36. The molecule has 0 aromatic rings. The van der Waals surface area contributed by atoms with E-state index in [0.717, 1.165) is 19.3 Å². The van der Waals surface area contributed by atoms with E-state index in [4.69, 9.17) is 0 Å². The molecule has 2 aliphatic rings. The predicted octanol–water partition coefficient (Wildman–Crippen LogP) is 4.54. The molecule has 0 saturated heterocycles. The number of halogens is 3. The fraction of sp³-hybridized carbons (Fsp3) is 0.833. The smallest absolute Gasteiger partial charge is 0.469 e. The van der Waals surface area contributed by atoms with Crippen molar-refractivity contribution >= 4 is 16.1 Å². The van der Waals surface area contributed by atoms with Gasteiger partial charge in [-0.15, -0.1) is 0 Å². The second kappa shape index (κ2) is 8.01. The minimum atomic E-state index is -5.66. The lowest BCUT2D eigenvalue weighted by Gasteiger charge is -2.40. The Morgan fingerprint density at radius 3 is 2.63 bits per heavy atom. The van der Waals surface area contributed by atoms with Crippen molar-refractivity contribution in [1.82, 2.24) is 0 Å². The maximum Gasteiger partial charge on any atom is 0.534 e. The number of hydrogen-bond acceptors (Lipinski definition) is 5. The molecule has 156 valence electrons. The first-order valence-corrected chi connectivity index (χ1v) is 10.6. The predicted molar refractivity (Wildman–Crippen MR) is 92.7 cm³/mol.